The van der Waals surface area contributed by atoms with Crippen molar-refractivity contribution in [1.29, 1.82) is 0 Å². The highest BCUT2D eigenvalue weighted by Gasteiger charge is 2.19. The van der Waals surface area contributed by atoms with Crippen LogP contribution in [0.3, 0.4) is 0 Å². The lowest BCUT2D eigenvalue weighted by atomic mass is 10.1. The van der Waals surface area contributed by atoms with E-state index in [2.05, 4.69) is 5.32 Å². The fourth-order valence-electron chi connectivity index (χ4n) is 2.15. The molecule has 0 fully saturated rings. The third-order valence-corrected chi connectivity index (χ3v) is 3.22. The number of nitrogens with two attached hydrogens (primary N) is 1. The minimum atomic E-state index is -0.484. The first kappa shape index (κ1) is 16.8. The Labute approximate surface area is 140 Å². The van der Waals surface area contributed by atoms with Gasteiger partial charge in [0.2, 0.25) is 0 Å². The topological polar surface area (TPSA) is 73.6 Å². The van der Waals surface area contributed by atoms with Gasteiger partial charge in [0, 0.05) is 0 Å². The van der Waals surface area contributed by atoms with Crippen LogP contribution in [0.25, 0.3) is 0 Å². The van der Waals surface area contributed by atoms with Crippen molar-refractivity contribution in [2.45, 2.75) is 13.5 Å². The van der Waals surface area contributed by atoms with Crippen LogP contribution < -0.4 is 15.8 Å². The number of benzene rings is 2. The predicted octanol–water partition coefficient (Wildman–Crippen LogP) is 3.02. The van der Waals surface area contributed by atoms with E-state index in [0.717, 1.165) is 11.1 Å². The van der Waals surface area contributed by atoms with Crippen LogP contribution in [0.15, 0.2) is 42.5 Å². The Kier molecular flexibility index (Phi) is 5.54. The number of aryl methyl sites for hydroxylation is 1. The lowest BCUT2D eigenvalue weighted by Crippen LogP contribution is -2.20. The van der Waals surface area contributed by atoms with E-state index in [1.54, 1.807) is 6.07 Å². The van der Waals surface area contributed by atoms with E-state index in [9.17, 15) is 4.79 Å². The van der Waals surface area contributed by atoms with E-state index < -0.39 is 5.97 Å². The minimum absolute atomic E-state index is 0.0935. The molecule has 5 nitrogen and oxygen atoms in total. The molecule has 0 bridgehead atoms. The number of rotatable bonds is 5. The number of esters is 1. The number of thiocarbonyl (C=S) groups is 1. The smallest absolute Gasteiger partial charge is 0.341 e. The summed E-state index contributed by atoms with van der Waals surface area (Å²) >= 11 is 4.89. The maximum Gasteiger partial charge on any atom is 0.341 e. The van der Waals surface area contributed by atoms with Crippen LogP contribution in [0.1, 0.15) is 21.5 Å². The summed E-state index contributed by atoms with van der Waals surface area (Å²) in [4.78, 5) is 12.0. The van der Waals surface area contributed by atoms with E-state index in [4.69, 9.17) is 27.4 Å². The normalized spacial score (nSPS) is 10.0. The second-order valence-corrected chi connectivity index (χ2v) is 5.38. The molecule has 0 unspecified atom stereocenters. The first-order valence-corrected chi connectivity index (χ1v) is 7.38. The van der Waals surface area contributed by atoms with Crippen LogP contribution in [-0.2, 0) is 11.3 Å². The molecule has 0 heterocycles. The number of carbonyl (C=O) groups is 1. The molecule has 0 aliphatic carbocycles. The highest BCUT2D eigenvalue weighted by molar-refractivity contribution is 7.80. The minimum Gasteiger partial charge on any atom is -0.486 e. The zero-order valence-electron chi connectivity index (χ0n) is 13.0. The van der Waals surface area contributed by atoms with E-state index in [1.807, 2.05) is 43.3 Å². The van der Waals surface area contributed by atoms with Gasteiger partial charge in [-0.2, -0.15) is 0 Å². The molecule has 2 rings (SSSR count). The highest BCUT2D eigenvalue weighted by atomic mass is 32.1. The van der Waals surface area contributed by atoms with Crippen LogP contribution >= 0.6 is 12.2 Å². The second-order valence-electron chi connectivity index (χ2n) is 4.94. The van der Waals surface area contributed by atoms with Gasteiger partial charge in [-0.15, -0.1) is 0 Å². The molecule has 0 radical (unpaired) electrons. The Balaban J connectivity index is 2.39. The van der Waals surface area contributed by atoms with Crippen molar-refractivity contribution in [3.63, 3.8) is 0 Å². The number of hydrogen-bond donors (Lipinski definition) is 2. The Morgan fingerprint density at radius 2 is 1.96 bits per heavy atom. The molecule has 0 amide bonds. The molecule has 120 valence electrons. The van der Waals surface area contributed by atoms with E-state index >= 15 is 0 Å². The summed E-state index contributed by atoms with van der Waals surface area (Å²) in [6.45, 7) is 2.16. The number of carbonyl (C=O) groups excluding carboxylic acids is 1. The summed E-state index contributed by atoms with van der Waals surface area (Å²) in [5.41, 5.74) is 8.25. The Morgan fingerprint density at radius 1 is 1.26 bits per heavy atom. The molecular formula is C17H18N2O3S. The first-order chi connectivity index (χ1) is 11.0. The molecular weight excluding hydrogens is 312 g/mol. The van der Waals surface area contributed by atoms with Crippen molar-refractivity contribution < 1.29 is 14.3 Å². The summed E-state index contributed by atoms with van der Waals surface area (Å²) in [5, 5.41) is 2.94. The van der Waals surface area contributed by atoms with Crippen LogP contribution in [0.4, 0.5) is 5.69 Å². The van der Waals surface area contributed by atoms with Gasteiger partial charge in [-0.3, -0.25) is 0 Å². The standard InChI is InChI=1S/C17H18N2O3S/c1-11-8-13(16(20)21-2)15(14(9-11)19-17(18)23)22-10-12-6-4-3-5-7-12/h3-9H,10H2,1-2H3,(H3,18,19,23). The molecule has 2 aromatic carbocycles. The molecule has 6 heteroatoms. The largest absolute Gasteiger partial charge is 0.486 e. The van der Waals surface area contributed by atoms with Crippen LogP contribution in [0.5, 0.6) is 5.75 Å². The Hall–Kier alpha value is -2.60. The van der Waals surface area contributed by atoms with Crippen molar-refractivity contribution in [1.82, 2.24) is 0 Å². The van der Waals surface area contributed by atoms with E-state index in [0.29, 0.717) is 23.6 Å². The number of ether oxygens (including phenoxy) is 2. The number of methoxy groups -OCH3 is 1. The fourth-order valence-corrected chi connectivity index (χ4v) is 2.26. The average molecular weight is 330 g/mol. The maximum absolute atomic E-state index is 12.0. The third kappa shape index (κ3) is 4.43. The molecule has 0 aromatic heterocycles. The summed E-state index contributed by atoms with van der Waals surface area (Å²) < 4.78 is 10.7. The van der Waals surface area contributed by atoms with Crippen molar-refractivity contribution in [3.05, 3.63) is 59.2 Å². The summed E-state index contributed by atoms with van der Waals surface area (Å²) in [7, 11) is 1.33. The lowest BCUT2D eigenvalue weighted by Gasteiger charge is -2.17. The van der Waals surface area contributed by atoms with Crippen molar-refractivity contribution in [2.24, 2.45) is 5.73 Å². The molecule has 0 spiro atoms. The zero-order valence-corrected chi connectivity index (χ0v) is 13.8. The molecule has 0 saturated heterocycles. The summed E-state index contributed by atoms with van der Waals surface area (Å²) in [6, 6.07) is 13.2. The molecule has 23 heavy (non-hydrogen) atoms. The molecule has 0 saturated carbocycles. The average Bonchev–Trinajstić information content (AvgIpc) is 2.53. The quantitative estimate of drug-likeness (QED) is 0.648. The molecule has 0 atom stereocenters. The maximum atomic E-state index is 12.0. The highest BCUT2D eigenvalue weighted by Crippen LogP contribution is 2.32. The van der Waals surface area contributed by atoms with Gasteiger partial charge in [-0.05, 0) is 42.4 Å². The van der Waals surface area contributed by atoms with Gasteiger partial charge in [-0.25, -0.2) is 4.79 Å². The third-order valence-electron chi connectivity index (χ3n) is 3.12. The van der Waals surface area contributed by atoms with E-state index in [-0.39, 0.29) is 5.11 Å². The van der Waals surface area contributed by atoms with Gasteiger partial charge in [0.05, 0.1) is 12.8 Å². The number of nitrogens with one attached hydrogen (secondary N) is 1. The molecule has 0 aliphatic heterocycles. The van der Waals surface area contributed by atoms with Gasteiger partial charge in [0.25, 0.3) is 0 Å². The van der Waals surface area contributed by atoms with Crippen LogP contribution in [-0.4, -0.2) is 18.2 Å². The summed E-state index contributed by atoms with van der Waals surface area (Å²) in [6.07, 6.45) is 0. The Bertz CT molecular complexity index is 717. The fraction of sp³-hybridized carbons (Fsp3) is 0.176. The van der Waals surface area contributed by atoms with Gasteiger partial charge < -0.3 is 20.5 Å². The molecule has 3 N–H and O–H groups in total. The Morgan fingerprint density at radius 3 is 2.57 bits per heavy atom. The van der Waals surface area contributed by atoms with Crippen molar-refractivity contribution in [2.75, 3.05) is 12.4 Å². The van der Waals surface area contributed by atoms with Gasteiger partial charge in [0.15, 0.2) is 10.9 Å². The van der Waals surface area contributed by atoms with Gasteiger partial charge in [-0.1, -0.05) is 30.3 Å². The van der Waals surface area contributed by atoms with E-state index in [1.165, 1.54) is 7.11 Å². The lowest BCUT2D eigenvalue weighted by molar-refractivity contribution is 0.0595. The molecule has 2 aromatic rings. The van der Waals surface area contributed by atoms with Crippen molar-refractivity contribution >= 4 is 29.0 Å². The van der Waals surface area contributed by atoms with Crippen LogP contribution in [0, 0.1) is 6.92 Å². The number of anilines is 1. The van der Waals surface area contributed by atoms with Gasteiger partial charge >= 0.3 is 5.97 Å². The molecule has 0 aliphatic rings. The zero-order chi connectivity index (χ0) is 16.8. The second kappa shape index (κ2) is 7.60. The number of hydrogen-bond acceptors (Lipinski definition) is 4. The SMILES string of the molecule is COC(=O)c1cc(C)cc(NC(N)=S)c1OCc1ccccc1. The monoisotopic (exact) mass is 330 g/mol. The van der Waals surface area contributed by atoms with Crippen molar-refractivity contribution in [3.8, 4) is 5.75 Å². The van der Waals surface area contributed by atoms with Crippen LogP contribution in [0.2, 0.25) is 0 Å². The summed E-state index contributed by atoms with van der Waals surface area (Å²) in [5.74, 6) is -0.123. The van der Waals surface area contributed by atoms with Gasteiger partial charge in [0.1, 0.15) is 12.2 Å². The first-order valence-electron chi connectivity index (χ1n) is 6.97. The predicted molar refractivity (Wildman–Crippen MR) is 93.7 cm³/mol.